The molecule has 98 valence electrons. The molecule has 0 aliphatic carbocycles. The van der Waals surface area contributed by atoms with Gasteiger partial charge < -0.3 is 10.0 Å². The van der Waals surface area contributed by atoms with Crippen LogP contribution in [-0.4, -0.2) is 53.1 Å². The molecule has 1 aliphatic heterocycles. The van der Waals surface area contributed by atoms with E-state index >= 15 is 0 Å². The van der Waals surface area contributed by atoms with Crippen LogP contribution in [0.1, 0.15) is 12.5 Å². The monoisotopic (exact) mass is 248 g/mol. The van der Waals surface area contributed by atoms with Gasteiger partial charge in [-0.25, -0.2) is 0 Å². The molecule has 1 aliphatic rings. The summed E-state index contributed by atoms with van der Waals surface area (Å²) in [5, 5.41) is 9.45. The van der Waals surface area contributed by atoms with Crippen molar-refractivity contribution in [2.24, 2.45) is 0 Å². The van der Waals surface area contributed by atoms with Crippen molar-refractivity contribution in [3.8, 4) is 0 Å². The lowest BCUT2D eigenvalue weighted by molar-refractivity contribution is -0.124. The van der Waals surface area contributed by atoms with E-state index < -0.39 is 0 Å². The van der Waals surface area contributed by atoms with Gasteiger partial charge in [-0.2, -0.15) is 0 Å². The van der Waals surface area contributed by atoms with Crippen LogP contribution in [0, 0.1) is 0 Å². The van der Waals surface area contributed by atoms with Gasteiger partial charge in [0.05, 0.1) is 12.6 Å². The van der Waals surface area contributed by atoms with Crippen molar-refractivity contribution in [2.45, 2.75) is 25.6 Å². The molecule has 18 heavy (non-hydrogen) atoms. The lowest BCUT2D eigenvalue weighted by Crippen LogP contribution is -2.57. The van der Waals surface area contributed by atoms with Crippen molar-refractivity contribution in [1.82, 2.24) is 9.80 Å². The number of hydrogen-bond donors (Lipinski definition) is 1. The van der Waals surface area contributed by atoms with Gasteiger partial charge >= 0.3 is 0 Å². The van der Waals surface area contributed by atoms with E-state index in [2.05, 4.69) is 17.0 Å². The quantitative estimate of drug-likeness (QED) is 0.798. The van der Waals surface area contributed by atoms with E-state index in [1.54, 1.807) is 4.90 Å². The Hall–Kier alpha value is -1.39. The minimum absolute atomic E-state index is 0.0339. The van der Waals surface area contributed by atoms with Gasteiger partial charge in [0, 0.05) is 25.7 Å². The SMILES string of the molecule is C[C@@H]1CN(Cc2ccccc2)[C@@H](CO)CN1C=O. The zero-order chi connectivity index (χ0) is 13.0. The molecule has 1 fully saturated rings. The number of amides is 1. The molecule has 4 nitrogen and oxygen atoms in total. The van der Waals surface area contributed by atoms with Crippen LogP contribution in [0.2, 0.25) is 0 Å². The predicted octanol–water partition coefficient (Wildman–Crippen LogP) is 0.710. The smallest absolute Gasteiger partial charge is 0.210 e. The molecule has 0 bridgehead atoms. The van der Waals surface area contributed by atoms with Crippen LogP contribution in [0.3, 0.4) is 0 Å². The number of hydrogen-bond acceptors (Lipinski definition) is 3. The molecule has 1 amide bonds. The number of nitrogens with zero attached hydrogens (tertiary/aromatic N) is 2. The van der Waals surface area contributed by atoms with Gasteiger partial charge in [-0.05, 0) is 12.5 Å². The van der Waals surface area contributed by atoms with Crippen molar-refractivity contribution >= 4 is 6.41 Å². The highest BCUT2D eigenvalue weighted by Gasteiger charge is 2.30. The Balaban J connectivity index is 2.05. The summed E-state index contributed by atoms with van der Waals surface area (Å²) in [4.78, 5) is 14.9. The molecular weight excluding hydrogens is 228 g/mol. The maximum absolute atomic E-state index is 10.9. The van der Waals surface area contributed by atoms with Crippen LogP contribution in [0.5, 0.6) is 0 Å². The first-order chi connectivity index (χ1) is 8.74. The molecule has 4 heteroatoms. The molecule has 0 spiro atoms. The van der Waals surface area contributed by atoms with Crippen LogP contribution in [0.15, 0.2) is 30.3 Å². The first-order valence-corrected chi connectivity index (χ1v) is 6.34. The fourth-order valence-electron chi connectivity index (χ4n) is 2.46. The van der Waals surface area contributed by atoms with Crippen LogP contribution in [0.25, 0.3) is 0 Å². The summed E-state index contributed by atoms with van der Waals surface area (Å²) in [7, 11) is 0. The second-order valence-corrected chi connectivity index (χ2v) is 4.90. The number of piperazine rings is 1. The van der Waals surface area contributed by atoms with Gasteiger partial charge in [0.1, 0.15) is 0 Å². The minimum atomic E-state index is 0.0339. The van der Waals surface area contributed by atoms with Crippen molar-refractivity contribution in [3.05, 3.63) is 35.9 Å². The number of aliphatic hydroxyl groups is 1. The van der Waals surface area contributed by atoms with Crippen LogP contribution in [0.4, 0.5) is 0 Å². The maximum atomic E-state index is 10.9. The highest BCUT2D eigenvalue weighted by molar-refractivity contribution is 5.48. The molecule has 1 N–H and O–H groups in total. The second kappa shape index (κ2) is 5.98. The van der Waals surface area contributed by atoms with E-state index in [0.717, 1.165) is 19.5 Å². The Labute approximate surface area is 108 Å². The average molecular weight is 248 g/mol. The van der Waals surface area contributed by atoms with E-state index in [0.29, 0.717) is 6.54 Å². The fourth-order valence-corrected chi connectivity index (χ4v) is 2.46. The van der Waals surface area contributed by atoms with E-state index in [1.807, 2.05) is 25.1 Å². The van der Waals surface area contributed by atoms with Gasteiger partial charge in [0.2, 0.25) is 6.41 Å². The molecule has 1 aromatic rings. The molecule has 0 unspecified atom stereocenters. The van der Waals surface area contributed by atoms with Gasteiger partial charge in [-0.3, -0.25) is 9.69 Å². The number of rotatable bonds is 4. The Morgan fingerprint density at radius 3 is 2.67 bits per heavy atom. The van der Waals surface area contributed by atoms with Gasteiger partial charge in [-0.1, -0.05) is 30.3 Å². The Bertz CT molecular complexity index is 383. The van der Waals surface area contributed by atoms with Crippen molar-refractivity contribution in [3.63, 3.8) is 0 Å². The molecule has 1 saturated heterocycles. The van der Waals surface area contributed by atoms with Crippen molar-refractivity contribution in [2.75, 3.05) is 19.7 Å². The average Bonchev–Trinajstić information content (AvgIpc) is 2.40. The predicted molar refractivity (Wildman–Crippen MR) is 70.0 cm³/mol. The number of carbonyl (C=O) groups is 1. The zero-order valence-corrected chi connectivity index (χ0v) is 10.7. The molecular formula is C14H20N2O2. The van der Waals surface area contributed by atoms with E-state index in [9.17, 15) is 9.90 Å². The highest BCUT2D eigenvalue weighted by Crippen LogP contribution is 2.16. The van der Waals surface area contributed by atoms with Crippen LogP contribution < -0.4 is 0 Å². The summed E-state index contributed by atoms with van der Waals surface area (Å²) < 4.78 is 0. The van der Waals surface area contributed by atoms with E-state index in [-0.39, 0.29) is 18.7 Å². The third-order valence-corrected chi connectivity index (χ3v) is 3.58. The number of benzene rings is 1. The third kappa shape index (κ3) is 2.89. The topological polar surface area (TPSA) is 43.8 Å². The first kappa shape index (κ1) is 13.1. The molecule has 2 atom stereocenters. The molecule has 2 rings (SSSR count). The summed E-state index contributed by atoms with van der Waals surface area (Å²) in [6, 6.07) is 10.5. The van der Waals surface area contributed by atoms with E-state index in [1.165, 1.54) is 5.56 Å². The normalized spacial score (nSPS) is 25.1. The minimum Gasteiger partial charge on any atom is -0.395 e. The number of carbonyl (C=O) groups excluding carboxylic acids is 1. The third-order valence-electron chi connectivity index (χ3n) is 3.58. The summed E-state index contributed by atoms with van der Waals surface area (Å²) in [5.41, 5.74) is 1.24. The Morgan fingerprint density at radius 2 is 2.06 bits per heavy atom. The zero-order valence-electron chi connectivity index (χ0n) is 10.7. The van der Waals surface area contributed by atoms with Crippen LogP contribution in [-0.2, 0) is 11.3 Å². The first-order valence-electron chi connectivity index (χ1n) is 6.34. The van der Waals surface area contributed by atoms with Crippen molar-refractivity contribution in [1.29, 1.82) is 0 Å². The maximum Gasteiger partial charge on any atom is 0.210 e. The lowest BCUT2D eigenvalue weighted by Gasteiger charge is -2.43. The van der Waals surface area contributed by atoms with Gasteiger partial charge in [-0.15, -0.1) is 0 Å². The molecule has 0 aromatic heterocycles. The Kier molecular flexibility index (Phi) is 4.33. The van der Waals surface area contributed by atoms with Gasteiger partial charge in [0.25, 0.3) is 0 Å². The lowest BCUT2D eigenvalue weighted by atomic mass is 10.1. The summed E-state index contributed by atoms with van der Waals surface area (Å²) in [5.74, 6) is 0. The van der Waals surface area contributed by atoms with E-state index in [4.69, 9.17) is 0 Å². The molecule has 0 radical (unpaired) electrons. The molecule has 1 heterocycles. The second-order valence-electron chi connectivity index (χ2n) is 4.90. The molecule has 0 saturated carbocycles. The fraction of sp³-hybridized carbons (Fsp3) is 0.500. The van der Waals surface area contributed by atoms with Gasteiger partial charge in [0.15, 0.2) is 0 Å². The van der Waals surface area contributed by atoms with Crippen molar-refractivity contribution < 1.29 is 9.90 Å². The Morgan fingerprint density at radius 1 is 1.33 bits per heavy atom. The summed E-state index contributed by atoms with van der Waals surface area (Å²) in [6.07, 6.45) is 0.882. The number of aliphatic hydroxyl groups excluding tert-OH is 1. The standard InChI is InChI=1S/C14H20N2O2/c1-12-7-15(8-13-5-3-2-4-6-13)14(10-17)9-16(12)11-18/h2-6,11-12,14,17H,7-10H2,1H3/t12-,14-/m1/s1. The largest absolute Gasteiger partial charge is 0.395 e. The molecule has 1 aromatic carbocycles. The summed E-state index contributed by atoms with van der Waals surface area (Å²) in [6.45, 7) is 4.36. The summed E-state index contributed by atoms with van der Waals surface area (Å²) >= 11 is 0. The highest BCUT2D eigenvalue weighted by atomic mass is 16.3. The van der Waals surface area contributed by atoms with Crippen LogP contribution >= 0.6 is 0 Å².